The van der Waals surface area contributed by atoms with Crippen LogP contribution in [0.25, 0.3) is 0 Å². The summed E-state index contributed by atoms with van der Waals surface area (Å²) in [6, 6.07) is 6.93. The summed E-state index contributed by atoms with van der Waals surface area (Å²) in [5.41, 5.74) is 6.25. The fourth-order valence-electron chi connectivity index (χ4n) is 1.66. The van der Waals surface area contributed by atoms with E-state index in [1.807, 2.05) is 45.0 Å². The topological polar surface area (TPSA) is 84.6 Å². The van der Waals surface area contributed by atoms with Gasteiger partial charge in [-0.2, -0.15) is 0 Å². The Bertz CT molecular complexity index is 441. The molecule has 1 aromatic carbocycles. The largest absolute Gasteiger partial charge is 0.488 e. The molecule has 0 fully saturated rings. The molecule has 0 spiro atoms. The fourth-order valence-corrected chi connectivity index (χ4v) is 1.66. The second-order valence-electron chi connectivity index (χ2n) is 5.69. The predicted molar refractivity (Wildman–Crippen MR) is 78.6 cm³/mol. The zero-order valence-electron chi connectivity index (χ0n) is 12.3. The van der Waals surface area contributed by atoms with E-state index in [0.717, 1.165) is 11.3 Å². The van der Waals surface area contributed by atoms with Crippen LogP contribution in [0.2, 0.25) is 0 Å². The van der Waals surface area contributed by atoms with Crippen LogP contribution in [0, 0.1) is 0 Å². The van der Waals surface area contributed by atoms with Crippen LogP contribution in [0.15, 0.2) is 24.3 Å². The maximum Gasteiger partial charge on any atom is 0.239 e. The van der Waals surface area contributed by atoms with Gasteiger partial charge >= 0.3 is 0 Å². The SMILES string of the molecule is CC(C)(C)Oc1cccc(CCNC(=O)C(N)CO)c1. The van der Waals surface area contributed by atoms with E-state index in [1.54, 1.807) is 0 Å². The number of aliphatic hydroxyl groups excluding tert-OH is 1. The van der Waals surface area contributed by atoms with Gasteiger partial charge in [0.05, 0.1) is 6.61 Å². The summed E-state index contributed by atoms with van der Waals surface area (Å²) in [6.45, 7) is 6.12. The Hall–Kier alpha value is -1.59. The molecule has 1 aromatic rings. The number of hydrogen-bond donors (Lipinski definition) is 3. The lowest BCUT2D eigenvalue weighted by molar-refractivity contribution is -0.123. The second-order valence-corrected chi connectivity index (χ2v) is 5.69. The van der Waals surface area contributed by atoms with Gasteiger partial charge in [-0.05, 0) is 44.9 Å². The van der Waals surface area contributed by atoms with Crippen LogP contribution in [-0.2, 0) is 11.2 Å². The van der Waals surface area contributed by atoms with Gasteiger partial charge in [0.15, 0.2) is 0 Å². The number of rotatable bonds is 6. The summed E-state index contributed by atoms with van der Waals surface area (Å²) >= 11 is 0. The average Bonchev–Trinajstić information content (AvgIpc) is 2.36. The second kappa shape index (κ2) is 7.26. The molecule has 112 valence electrons. The lowest BCUT2D eigenvalue weighted by atomic mass is 10.1. The Labute approximate surface area is 120 Å². The molecule has 0 saturated heterocycles. The number of carbonyl (C=O) groups excluding carboxylic acids is 1. The third kappa shape index (κ3) is 6.04. The van der Waals surface area contributed by atoms with Gasteiger partial charge in [-0.3, -0.25) is 4.79 Å². The monoisotopic (exact) mass is 280 g/mol. The van der Waals surface area contributed by atoms with Crippen LogP contribution in [-0.4, -0.2) is 35.8 Å². The quantitative estimate of drug-likeness (QED) is 0.721. The first-order valence-electron chi connectivity index (χ1n) is 6.74. The zero-order chi connectivity index (χ0) is 15.2. The first kappa shape index (κ1) is 16.5. The maximum absolute atomic E-state index is 11.4. The molecule has 20 heavy (non-hydrogen) atoms. The van der Waals surface area contributed by atoms with Gasteiger partial charge in [0, 0.05) is 6.54 Å². The third-order valence-electron chi connectivity index (χ3n) is 2.57. The minimum Gasteiger partial charge on any atom is -0.488 e. The van der Waals surface area contributed by atoms with Crippen molar-refractivity contribution in [1.29, 1.82) is 0 Å². The van der Waals surface area contributed by atoms with E-state index in [1.165, 1.54) is 0 Å². The van der Waals surface area contributed by atoms with Crippen molar-refractivity contribution in [2.45, 2.75) is 38.8 Å². The molecule has 4 N–H and O–H groups in total. The molecule has 0 saturated carbocycles. The first-order chi connectivity index (χ1) is 9.31. The number of nitrogens with two attached hydrogens (primary N) is 1. The number of hydrogen-bond acceptors (Lipinski definition) is 4. The molecule has 0 aliphatic carbocycles. The third-order valence-corrected chi connectivity index (χ3v) is 2.57. The summed E-state index contributed by atoms with van der Waals surface area (Å²) < 4.78 is 5.78. The molecule has 1 rings (SSSR count). The number of benzene rings is 1. The average molecular weight is 280 g/mol. The van der Waals surface area contributed by atoms with Crippen LogP contribution in [0.3, 0.4) is 0 Å². The Morgan fingerprint density at radius 1 is 1.45 bits per heavy atom. The molecule has 5 heteroatoms. The van der Waals surface area contributed by atoms with E-state index >= 15 is 0 Å². The maximum atomic E-state index is 11.4. The van der Waals surface area contributed by atoms with Crippen LogP contribution in [0.1, 0.15) is 26.3 Å². The molecule has 0 radical (unpaired) electrons. The molecule has 1 amide bonds. The number of carbonyl (C=O) groups is 1. The molecule has 0 heterocycles. The summed E-state index contributed by atoms with van der Waals surface area (Å²) in [5, 5.41) is 11.4. The normalized spacial score (nSPS) is 12.8. The van der Waals surface area contributed by atoms with E-state index in [4.69, 9.17) is 15.6 Å². The van der Waals surface area contributed by atoms with Crippen LogP contribution >= 0.6 is 0 Å². The van der Waals surface area contributed by atoms with Crippen molar-refractivity contribution in [3.63, 3.8) is 0 Å². The van der Waals surface area contributed by atoms with Gasteiger partial charge in [0.2, 0.25) is 5.91 Å². The van der Waals surface area contributed by atoms with Gasteiger partial charge in [-0.15, -0.1) is 0 Å². The van der Waals surface area contributed by atoms with Gasteiger partial charge in [0.25, 0.3) is 0 Å². The minimum absolute atomic E-state index is 0.235. The summed E-state index contributed by atoms with van der Waals surface area (Å²) in [4.78, 5) is 11.4. The van der Waals surface area contributed by atoms with Crippen LogP contribution in [0.4, 0.5) is 0 Å². The predicted octanol–water partition coefficient (Wildman–Crippen LogP) is 0.842. The van der Waals surface area contributed by atoms with E-state index in [9.17, 15) is 4.79 Å². The first-order valence-corrected chi connectivity index (χ1v) is 6.74. The molecule has 0 bridgehead atoms. The molecule has 5 nitrogen and oxygen atoms in total. The zero-order valence-corrected chi connectivity index (χ0v) is 12.3. The van der Waals surface area contributed by atoms with Gasteiger partial charge in [-0.25, -0.2) is 0 Å². The number of aliphatic hydroxyl groups is 1. The standard InChI is InChI=1S/C15H24N2O3/c1-15(2,3)20-12-6-4-5-11(9-12)7-8-17-14(19)13(16)10-18/h4-6,9,13,18H,7-8,10,16H2,1-3H3,(H,17,19). The Balaban J connectivity index is 2.49. The van der Waals surface area contributed by atoms with Crippen molar-refractivity contribution in [2.24, 2.45) is 5.73 Å². The highest BCUT2D eigenvalue weighted by Crippen LogP contribution is 2.19. The Morgan fingerprint density at radius 2 is 2.15 bits per heavy atom. The lowest BCUT2D eigenvalue weighted by Gasteiger charge is -2.21. The molecular weight excluding hydrogens is 256 g/mol. The minimum atomic E-state index is -0.856. The van der Waals surface area contributed by atoms with Crippen LogP contribution in [0.5, 0.6) is 5.75 Å². The van der Waals surface area contributed by atoms with Crippen LogP contribution < -0.4 is 15.8 Å². The number of ether oxygens (including phenoxy) is 1. The van der Waals surface area contributed by atoms with Crippen molar-refractivity contribution in [3.05, 3.63) is 29.8 Å². The van der Waals surface area contributed by atoms with E-state index in [0.29, 0.717) is 13.0 Å². The van der Waals surface area contributed by atoms with Gasteiger partial charge in [0.1, 0.15) is 17.4 Å². The summed E-state index contributed by atoms with van der Waals surface area (Å²) in [7, 11) is 0. The highest BCUT2D eigenvalue weighted by molar-refractivity contribution is 5.81. The van der Waals surface area contributed by atoms with Crippen molar-refractivity contribution >= 4 is 5.91 Å². The van der Waals surface area contributed by atoms with Crippen molar-refractivity contribution in [1.82, 2.24) is 5.32 Å². The van der Waals surface area contributed by atoms with Crippen molar-refractivity contribution < 1.29 is 14.6 Å². The fraction of sp³-hybridized carbons (Fsp3) is 0.533. The number of amides is 1. The summed E-state index contributed by atoms with van der Waals surface area (Å²) in [6.07, 6.45) is 0.686. The molecule has 1 unspecified atom stereocenters. The Morgan fingerprint density at radius 3 is 2.75 bits per heavy atom. The summed E-state index contributed by atoms with van der Waals surface area (Å²) in [5.74, 6) is 0.475. The molecular formula is C15H24N2O3. The number of nitrogens with one attached hydrogen (secondary N) is 1. The molecule has 0 aliphatic heterocycles. The molecule has 0 aliphatic rings. The smallest absolute Gasteiger partial charge is 0.239 e. The highest BCUT2D eigenvalue weighted by atomic mass is 16.5. The lowest BCUT2D eigenvalue weighted by Crippen LogP contribution is -2.43. The Kier molecular flexibility index (Phi) is 5.98. The molecule has 0 aromatic heterocycles. The van der Waals surface area contributed by atoms with Crippen molar-refractivity contribution in [3.8, 4) is 5.75 Å². The molecule has 1 atom stereocenters. The van der Waals surface area contributed by atoms with Gasteiger partial charge < -0.3 is 20.9 Å². The van der Waals surface area contributed by atoms with E-state index in [2.05, 4.69) is 5.32 Å². The van der Waals surface area contributed by atoms with E-state index in [-0.39, 0.29) is 18.1 Å². The highest BCUT2D eigenvalue weighted by Gasteiger charge is 2.12. The van der Waals surface area contributed by atoms with Crippen molar-refractivity contribution in [2.75, 3.05) is 13.2 Å². The van der Waals surface area contributed by atoms with Gasteiger partial charge in [-0.1, -0.05) is 12.1 Å². The van der Waals surface area contributed by atoms with E-state index < -0.39 is 6.04 Å².